The van der Waals surface area contributed by atoms with Gasteiger partial charge in [0.25, 0.3) is 0 Å². The van der Waals surface area contributed by atoms with Crippen LogP contribution in [0.2, 0.25) is 0 Å². The largest absolute Gasteiger partial charge is 0.491 e. The second-order valence-electron chi connectivity index (χ2n) is 4.25. The Bertz CT molecular complexity index is 356. The minimum absolute atomic E-state index is 0.188. The molecule has 0 saturated heterocycles. The molecule has 4 nitrogen and oxygen atoms in total. The first-order valence-electron chi connectivity index (χ1n) is 6.55. The molecule has 1 atom stereocenters. The molecule has 1 rings (SSSR count). The third-order valence-electron chi connectivity index (χ3n) is 2.52. The van der Waals surface area contributed by atoms with E-state index in [-0.39, 0.29) is 6.10 Å². The van der Waals surface area contributed by atoms with E-state index in [1.54, 1.807) is 0 Å². The number of benzene rings is 1. The number of nitrogens with one attached hydrogen (secondary N) is 1. The van der Waals surface area contributed by atoms with Crippen molar-refractivity contribution in [3.8, 4) is 5.75 Å². The molecule has 3 N–H and O–H groups in total. The number of anilines is 2. The van der Waals surface area contributed by atoms with Gasteiger partial charge in [0.1, 0.15) is 5.75 Å². The molecule has 18 heavy (non-hydrogen) atoms. The molecule has 0 fully saturated rings. The van der Waals surface area contributed by atoms with Crippen LogP contribution in [-0.4, -0.2) is 25.9 Å². The summed E-state index contributed by atoms with van der Waals surface area (Å²) >= 11 is 0. The van der Waals surface area contributed by atoms with Crippen molar-refractivity contribution in [1.82, 2.24) is 0 Å². The zero-order valence-electron chi connectivity index (χ0n) is 11.5. The summed E-state index contributed by atoms with van der Waals surface area (Å²) in [4.78, 5) is 0. The lowest BCUT2D eigenvalue weighted by Gasteiger charge is -2.15. The van der Waals surface area contributed by atoms with Crippen LogP contribution in [0.1, 0.15) is 27.2 Å². The summed E-state index contributed by atoms with van der Waals surface area (Å²) in [6.45, 7) is 8.30. The van der Waals surface area contributed by atoms with Crippen LogP contribution in [0.3, 0.4) is 0 Å². The van der Waals surface area contributed by atoms with Gasteiger partial charge in [-0.1, -0.05) is 6.92 Å². The number of hydrogen-bond acceptors (Lipinski definition) is 4. The van der Waals surface area contributed by atoms with Crippen molar-refractivity contribution >= 4 is 11.4 Å². The highest BCUT2D eigenvalue weighted by Gasteiger charge is 2.04. The van der Waals surface area contributed by atoms with E-state index in [0.717, 1.165) is 31.0 Å². The summed E-state index contributed by atoms with van der Waals surface area (Å²) in [5.41, 5.74) is 7.53. The summed E-state index contributed by atoms with van der Waals surface area (Å²) in [6.07, 6.45) is 1.16. The maximum absolute atomic E-state index is 5.86. The lowest BCUT2D eigenvalue weighted by molar-refractivity contribution is 0.0855. The molecule has 4 heteroatoms. The highest BCUT2D eigenvalue weighted by molar-refractivity contribution is 5.61. The topological polar surface area (TPSA) is 56.5 Å². The summed E-state index contributed by atoms with van der Waals surface area (Å²) in [6, 6.07) is 5.75. The van der Waals surface area contributed by atoms with Gasteiger partial charge in [-0.25, -0.2) is 0 Å². The third-order valence-corrected chi connectivity index (χ3v) is 2.52. The summed E-state index contributed by atoms with van der Waals surface area (Å²) in [5, 5.41) is 3.31. The van der Waals surface area contributed by atoms with Crippen LogP contribution in [0.5, 0.6) is 5.75 Å². The number of hydrogen-bond donors (Lipinski definition) is 2. The second-order valence-corrected chi connectivity index (χ2v) is 4.25. The van der Waals surface area contributed by atoms with Gasteiger partial charge in [-0.2, -0.15) is 0 Å². The van der Waals surface area contributed by atoms with Crippen molar-refractivity contribution in [3.63, 3.8) is 0 Å². The monoisotopic (exact) mass is 252 g/mol. The average Bonchev–Trinajstić information content (AvgIpc) is 2.36. The first-order valence-corrected chi connectivity index (χ1v) is 6.55. The highest BCUT2D eigenvalue weighted by Crippen LogP contribution is 2.25. The molecular weight excluding hydrogens is 228 g/mol. The van der Waals surface area contributed by atoms with Gasteiger partial charge in [0.05, 0.1) is 18.4 Å². The molecule has 0 saturated carbocycles. The molecule has 0 bridgehead atoms. The van der Waals surface area contributed by atoms with Gasteiger partial charge in [-0.05, 0) is 32.4 Å². The summed E-state index contributed by atoms with van der Waals surface area (Å²) in [5.74, 6) is 0.742. The molecule has 102 valence electrons. The van der Waals surface area contributed by atoms with Gasteiger partial charge in [0, 0.05) is 24.9 Å². The standard InChI is InChI=1S/C14H24N2O2/c1-4-8-18-14-9-12(6-7-13(14)15)16-10-11(3)17-5-2/h6-7,9,11,16H,4-5,8,10,15H2,1-3H3. The van der Waals surface area contributed by atoms with E-state index in [1.807, 2.05) is 32.0 Å². The van der Waals surface area contributed by atoms with E-state index in [4.69, 9.17) is 15.2 Å². The van der Waals surface area contributed by atoms with E-state index in [2.05, 4.69) is 12.2 Å². The fourth-order valence-electron chi connectivity index (χ4n) is 1.59. The molecule has 1 aromatic carbocycles. The van der Waals surface area contributed by atoms with Gasteiger partial charge >= 0.3 is 0 Å². The molecular formula is C14H24N2O2. The SMILES string of the molecule is CCCOc1cc(NCC(C)OCC)ccc1N. The summed E-state index contributed by atoms with van der Waals surface area (Å²) < 4.78 is 11.0. The Hall–Kier alpha value is -1.42. The van der Waals surface area contributed by atoms with Gasteiger partial charge in [-0.3, -0.25) is 0 Å². The number of rotatable bonds is 8. The molecule has 0 aliphatic rings. The molecule has 0 heterocycles. The third kappa shape index (κ3) is 4.84. The van der Waals surface area contributed by atoms with E-state index in [9.17, 15) is 0 Å². The Kier molecular flexibility index (Phi) is 6.36. The maximum atomic E-state index is 5.86. The molecule has 0 radical (unpaired) electrons. The van der Waals surface area contributed by atoms with Crippen molar-refractivity contribution in [2.24, 2.45) is 0 Å². The van der Waals surface area contributed by atoms with E-state index in [1.165, 1.54) is 0 Å². The predicted molar refractivity (Wildman–Crippen MR) is 76.2 cm³/mol. The van der Waals surface area contributed by atoms with Crippen LogP contribution in [0.25, 0.3) is 0 Å². The molecule has 0 aliphatic carbocycles. The minimum Gasteiger partial charge on any atom is -0.491 e. The van der Waals surface area contributed by atoms with Crippen LogP contribution >= 0.6 is 0 Å². The van der Waals surface area contributed by atoms with Gasteiger partial charge < -0.3 is 20.5 Å². The van der Waals surface area contributed by atoms with Crippen molar-refractivity contribution < 1.29 is 9.47 Å². The Morgan fingerprint density at radius 2 is 2.11 bits per heavy atom. The van der Waals surface area contributed by atoms with Crippen LogP contribution in [0.4, 0.5) is 11.4 Å². The number of ether oxygens (including phenoxy) is 2. The first kappa shape index (κ1) is 14.6. The van der Waals surface area contributed by atoms with Crippen molar-refractivity contribution in [2.75, 3.05) is 30.8 Å². The van der Waals surface area contributed by atoms with Crippen molar-refractivity contribution in [3.05, 3.63) is 18.2 Å². The maximum Gasteiger partial charge on any atom is 0.144 e. The van der Waals surface area contributed by atoms with Gasteiger partial charge in [0.15, 0.2) is 0 Å². The first-order chi connectivity index (χ1) is 8.67. The zero-order valence-corrected chi connectivity index (χ0v) is 11.5. The van der Waals surface area contributed by atoms with Crippen molar-refractivity contribution in [2.45, 2.75) is 33.3 Å². The molecule has 0 spiro atoms. The van der Waals surface area contributed by atoms with Crippen LogP contribution in [-0.2, 0) is 4.74 Å². The predicted octanol–water partition coefficient (Wildman–Crippen LogP) is 2.89. The number of nitrogens with two attached hydrogens (primary N) is 1. The number of nitrogen functional groups attached to an aromatic ring is 1. The molecule has 1 aromatic rings. The van der Waals surface area contributed by atoms with Crippen molar-refractivity contribution in [1.29, 1.82) is 0 Å². The molecule has 0 amide bonds. The Labute approximate surface area is 109 Å². The van der Waals surface area contributed by atoms with Crippen LogP contribution in [0, 0.1) is 0 Å². The smallest absolute Gasteiger partial charge is 0.144 e. The highest BCUT2D eigenvalue weighted by atomic mass is 16.5. The average molecular weight is 252 g/mol. The Morgan fingerprint density at radius 1 is 1.33 bits per heavy atom. The van der Waals surface area contributed by atoms with E-state index >= 15 is 0 Å². The molecule has 1 unspecified atom stereocenters. The molecule has 0 aliphatic heterocycles. The zero-order chi connectivity index (χ0) is 13.4. The van der Waals surface area contributed by atoms with E-state index < -0.39 is 0 Å². The fourth-order valence-corrected chi connectivity index (χ4v) is 1.59. The molecule has 0 aromatic heterocycles. The lowest BCUT2D eigenvalue weighted by atomic mass is 10.2. The fraction of sp³-hybridized carbons (Fsp3) is 0.571. The Balaban J connectivity index is 2.55. The van der Waals surface area contributed by atoms with Crippen LogP contribution in [0.15, 0.2) is 18.2 Å². The normalized spacial score (nSPS) is 12.2. The van der Waals surface area contributed by atoms with E-state index in [0.29, 0.717) is 12.3 Å². The Morgan fingerprint density at radius 3 is 2.78 bits per heavy atom. The van der Waals surface area contributed by atoms with Gasteiger partial charge in [-0.15, -0.1) is 0 Å². The van der Waals surface area contributed by atoms with Crippen LogP contribution < -0.4 is 15.8 Å². The van der Waals surface area contributed by atoms with Gasteiger partial charge in [0.2, 0.25) is 0 Å². The minimum atomic E-state index is 0.188. The second kappa shape index (κ2) is 7.82. The lowest BCUT2D eigenvalue weighted by Crippen LogP contribution is -2.19. The quantitative estimate of drug-likeness (QED) is 0.698. The summed E-state index contributed by atoms with van der Waals surface area (Å²) in [7, 11) is 0.